The first-order valence-corrected chi connectivity index (χ1v) is 2.81. The van der Waals surface area contributed by atoms with Crippen molar-refractivity contribution in [3.8, 4) is 0 Å². The largest absolute Gasteiger partial charge is 0.491 e. The quantitative estimate of drug-likeness (QED) is 0.456. The van der Waals surface area contributed by atoms with E-state index in [1.165, 1.54) is 0 Å². The summed E-state index contributed by atoms with van der Waals surface area (Å²) in [7, 11) is -1.57. The maximum Gasteiger partial charge on any atom is 0.491 e. The van der Waals surface area contributed by atoms with Crippen LogP contribution in [0, 0.1) is 0 Å². The average molecular weight is 126 g/mol. The van der Waals surface area contributed by atoms with Crippen LogP contribution < -0.4 is 0 Å². The van der Waals surface area contributed by atoms with Gasteiger partial charge in [-0.25, -0.2) is 0 Å². The van der Waals surface area contributed by atoms with Crippen molar-refractivity contribution in [3.63, 3.8) is 0 Å². The monoisotopic (exact) mass is 126 g/mol. The molecule has 9 heavy (non-hydrogen) atoms. The highest BCUT2D eigenvalue weighted by molar-refractivity contribution is 6.59. The smallest absolute Gasteiger partial charge is 0.423 e. The van der Waals surface area contributed by atoms with Gasteiger partial charge in [-0.15, -0.1) is 0 Å². The van der Waals surface area contributed by atoms with E-state index >= 15 is 0 Å². The van der Waals surface area contributed by atoms with Crippen LogP contribution in [0.5, 0.6) is 0 Å². The van der Waals surface area contributed by atoms with Crippen molar-refractivity contribution in [1.82, 2.24) is 0 Å². The van der Waals surface area contributed by atoms with Gasteiger partial charge in [0.15, 0.2) is 5.78 Å². The fraction of sp³-hybridized carbons (Fsp3) is 0.400. The second-order valence-electron chi connectivity index (χ2n) is 1.99. The Morgan fingerprint density at radius 2 is 2.22 bits per heavy atom. The van der Waals surface area contributed by atoms with Crippen LogP contribution in [0.15, 0.2) is 11.5 Å². The van der Waals surface area contributed by atoms with Gasteiger partial charge in [-0.3, -0.25) is 4.79 Å². The third-order valence-electron chi connectivity index (χ3n) is 1.34. The van der Waals surface area contributed by atoms with Gasteiger partial charge < -0.3 is 10.0 Å². The molecule has 1 aliphatic rings. The zero-order valence-corrected chi connectivity index (χ0v) is 4.87. The van der Waals surface area contributed by atoms with Crippen LogP contribution in [0.25, 0.3) is 0 Å². The number of carbonyl (C=O) groups excluding carboxylic acids is 1. The Morgan fingerprint density at radius 1 is 1.56 bits per heavy atom. The average Bonchev–Trinajstić information content (AvgIpc) is 2.13. The maximum absolute atomic E-state index is 10.6. The van der Waals surface area contributed by atoms with Gasteiger partial charge in [0.1, 0.15) is 0 Å². The number of carbonyl (C=O) groups is 1. The van der Waals surface area contributed by atoms with Gasteiger partial charge in [-0.2, -0.15) is 0 Å². The van der Waals surface area contributed by atoms with Crippen LogP contribution in [0.1, 0.15) is 12.8 Å². The zero-order chi connectivity index (χ0) is 6.85. The fourth-order valence-electron chi connectivity index (χ4n) is 0.866. The fourth-order valence-corrected chi connectivity index (χ4v) is 0.866. The Kier molecular flexibility index (Phi) is 1.69. The van der Waals surface area contributed by atoms with Crippen LogP contribution in [0.3, 0.4) is 0 Å². The standard InChI is InChI=1S/C5H7BO3/c7-5-3-1-2-4(5)6(8)9/h2,8-9H,1,3H2. The molecule has 0 saturated heterocycles. The van der Waals surface area contributed by atoms with E-state index in [1.54, 1.807) is 6.08 Å². The van der Waals surface area contributed by atoms with Crippen molar-refractivity contribution in [3.05, 3.63) is 11.5 Å². The van der Waals surface area contributed by atoms with Crippen molar-refractivity contribution in [2.24, 2.45) is 0 Å². The summed E-state index contributed by atoms with van der Waals surface area (Å²) in [6, 6.07) is 0. The molecular formula is C5H7BO3. The maximum atomic E-state index is 10.6. The molecule has 4 heteroatoms. The normalized spacial score (nSPS) is 18.0. The lowest BCUT2D eigenvalue weighted by atomic mass is 9.78. The van der Waals surface area contributed by atoms with Gasteiger partial charge in [0.25, 0.3) is 0 Å². The molecule has 2 N–H and O–H groups in total. The summed E-state index contributed by atoms with van der Waals surface area (Å²) in [6.45, 7) is 0. The molecule has 1 rings (SSSR count). The topological polar surface area (TPSA) is 57.5 Å². The van der Waals surface area contributed by atoms with Crippen LogP contribution in [0.4, 0.5) is 0 Å². The second kappa shape index (κ2) is 2.33. The molecule has 0 bridgehead atoms. The predicted octanol–water partition coefficient (Wildman–Crippen LogP) is -0.712. The van der Waals surface area contributed by atoms with Crippen molar-refractivity contribution in [2.45, 2.75) is 12.8 Å². The molecule has 0 unspecified atom stereocenters. The predicted molar refractivity (Wildman–Crippen MR) is 32.5 cm³/mol. The van der Waals surface area contributed by atoms with E-state index in [0.717, 1.165) is 0 Å². The lowest BCUT2D eigenvalue weighted by molar-refractivity contribution is -0.114. The minimum absolute atomic E-state index is 0.148. The van der Waals surface area contributed by atoms with Gasteiger partial charge in [0.2, 0.25) is 0 Å². The van der Waals surface area contributed by atoms with Crippen molar-refractivity contribution < 1.29 is 14.8 Å². The summed E-state index contributed by atoms with van der Waals surface area (Å²) >= 11 is 0. The summed E-state index contributed by atoms with van der Waals surface area (Å²) in [6.07, 6.45) is 2.63. The molecule has 0 aromatic heterocycles. The molecule has 0 heterocycles. The van der Waals surface area contributed by atoms with Crippen molar-refractivity contribution >= 4 is 12.9 Å². The summed E-state index contributed by atoms with van der Waals surface area (Å²) in [4.78, 5) is 10.6. The molecule has 0 saturated carbocycles. The zero-order valence-electron chi connectivity index (χ0n) is 4.87. The number of rotatable bonds is 1. The molecule has 0 aliphatic heterocycles. The third kappa shape index (κ3) is 1.20. The molecule has 0 fully saturated rings. The number of Topliss-reactive ketones (excluding diaryl/α,β-unsaturated/α-hetero) is 1. The van der Waals surface area contributed by atoms with E-state index in [-0.39, 0.29) is 11.3 Å². The minimum atomic E-state index is -1.57. The summed E-state index contributed by atoms with van der Waals surface area (Å²) in [5.41, 5.74) is 0.148. The van der Waals surface area contributed by atoms with Crippen molar-refractivity contribution in [2.75, 3.05) is 0 Å². The Labute approximate surface area is 53.1 Å². The molecule has 0 radical (unpaired) electrons. The molecule has 0 spiro atoms. The molecule has 1 aliphatic carbocycles. The van der Waals surface area contributed by atoms with E-state index in [4.69, 9.17) is 10.0 Å². The van der Waals surface area contributed by atoms with E-state index in [2.05, 4.69) is 0 Å². The number of hydrogen-bond acceptors (Lipinski definition) is 3. The van der Waals surface area contributed by atoms with Crippen molar-refractivity contribution in [1.29, 1.82) is 0 Å². The Hall–Kier alpha value is -0.605. The highest BCUT2D eigenvalue weighted by atomic mass is 16.4. The van der Waals surface area contributed by atoms with Gasteiger partial charge in [-0.05, 0) is 6.42 Å². The van der Waals surface area contributed by atoms with Gasteiger partial charge >= 0.3 is 7.12 Å². The molecule has 48 valence electrons. The van der Waals surface area contributed by atoms with Crippen LogP contribution in [0.2, 0.25) is 0 Å². The van der Waals surface area contributed by atoms with E-state index < -0.39 is 7.12 Å². The lowest BCUT2D eigenvalue weighted by Crippen LogP contribution is -2.19. The first-order valence-electron chi connectivity index (χ1n) is 2.81. The molecular weight excluding hydrogens is 119 g/mol. The van der Waals surface area contributed by atoms with Crippen LogP contribution in [-0.2, 0) is 4.79 Å². The molecule has 0 aromatic rings. The van der Waals surface area contributed by atoms with Crippen LogP contribution >= 0.6 is 0 Å². The van der Waals surface area contributed by atoms with Crippen LogP contribution in [-0.4, -0.2) is 22.9 Å². The van der Waals surface area contributed by atoms with E-state index in [9.17, 15) is 4.79 Å². The third-order valence-corrected chi connectivity index (χ3v) is 1.34. The lowest BCUT2D eigenvalue weighted by Gasteiger charge is -1.94. The highest BCUT2D eigenvalue weighted by Gasteiger charge is 2.24. The highest BCUT2D eigenvalue weighted by Crippen LogP contribution is 2.13. The number of allylic oxidation sites excluding steroid dienone is 2. The van der Waals surface area contributed by atoms with Gasteiger partial charge in [0, 0.05) is 11.9 Å². The first kappa shape index (κ1) is 6.51. The summed E-state index contributed by atoms with van der Waals surface area (Å²) in [5, 5.41) is 17.0. The number of hydrogen-bond donors (Lipinski definition) is 2. The summed E-state index contributed by atoms with van der Waals surface area (Å²) < 4.78 is 0. The Balaban J connectivity index is 2.68. The van der Waals surface area contributed by atoms with E-state index in [0.29, 0.717) is 12.8 Å². The molecule has 0 amide bonds. The molecule has 3 nitrogen and oxygen atoms in total. The summed E-state index contributed by atoms with van der Waals surface area (Å²) in [5.74, 6) is -0.148. The minimum Gasteiger partial charge on any atom is -0.423 e. The molecule has 0 aromatic carbocycles. The molecule has 0 atom stereocenters. The first-order chi connectivity index (χ1) is 4.22. The Morgan fingerprint density at radius 3 is 2.44 bits per heavy atom. The van der Waals surface area contributed by atoms with E-state index in [1.807, 2.05) is 0 Å². The Bertz CT molecular complexity index is 162. The SMILES string of the molecule is O=C1CCC=C1B(O)O. The second-order valence-corrected chi connectivity index (χ2v) is 1.99. The van der Waals surface area contributed by atoms with Gasteiger partial charge in [0.05, 0.1) is 0 Å². The van der Waals surface area contributed by atoms with Gasteiger partial charge in [-0.1, -0.05) is 6.08 Å². The number of ketones is 1.